The minimum atomic E-state index is -0.747. The summed E-state index contributed by atoms with van der Waals surface area (Å²) in [6, 6.07) is 4.40. The average molecular weight is 343 g/mol. The molecule has 1 saturated heterocycles. The van der Waals surface area contributed by atoms with Crippen LogP contribution in [0.15, 0.2) is 24.4 Å². The van der Waals surface area contributed by atoms with Crippen molar-refractivity contribution in [3.05, 3.63) is 40.1 Å². The summed E-state index contributed by atoms with van der Waals surface area (Å²) in [6.07, 6.45) is 3.67. The molecule has 4 rings (SSSR count). The predicted octanol–water partition coefficient (Wildman–Crippen LogP) is 2.40. The number of rotatable bonds is 3. The lowest BCUT2D eigenvalue weighted by molar-refractivity contribution is -0.384. The van der Waals surface area contributed by atoms with Crippen LogP contribution in [-0.2, 0) is 4.79 Å². The van der Waals surface area contributed by atoms with Gasteiger partial charge in [0.1, 0.15) is 0 Å². The Labute approximate surface area is 142 Å². The van der Waals surface area contributed by atoms with Gasteiger partial charge in [-0.15, -0.1) is 0 Å². The van der Waals surface area contributed by atoms with Crippen molar-refractivity contribution in [3.63, 3.8) is 0 Å². The molecule has 1 spiro atoms. The Bertz CT molecular complexity index is 895. The molecule has 1 saturated carbocycles. The molecule has 0 bridgehead atoms. The molecule has 1 aromatic heterocycles. The van der Waals surface area contributed by atoms with Gasteiger partial charge in [-0.05, 0) is 30.7 Å². The van der Waals surface area contributed by atoms with E-state index in [2.05, 4.69) is 4.98 Å². The maximum absolute atomic E-state index is 12.8. The SMILES string of the molecule is O=C(O)C1CC12CCN(C(=O)c1c[nH]c3ccc([N+](=O)[O-])cc13)CC2. The summed E-state index contributed by atoms with van der Waals surface area (Å²) in [5.41, 5.74) is 0.901. The highest BCUT2D eigenvalue weighted by Gasteiger charge is 2.59. The number of aliphatic carboxylic acids is 1. The zero-order valence-electron chi connectivity index (χ0n) is 13.4. The van der Waals surface area contributed by atoms with Crippen molar-refractivity contribution in [2.45, 2.75) is 19.3 Å². The van der Waals surface area contributed by atoms with Gasteiger partial charge in [-0.25, -0.2) is 0 Å². The fourth-order valence-electron chi connectivity index (χ4n) is 3.97. The smallest absolute Gasteiger partial charge is 0.307 e. The summed E-state index contributed by atoms with van der Waals surface area (Å²) in [5.74, 6) is -1.20. The highest BCUT2D eigenvalue weighted by molar-refractivity contribution is 6.07. The minimum absolute atomic E-state index is 0.0546. The molecule has 1 aliphatic carbocycles. The number of hydrogen-bond acceptors (Lipinski definition) is 4. The van der Waals surface area contributed by atoms with Crippen molar-refractivity contribution >= 4 is 28.5 Å². The number of amides is 1. The molecule has 130 valence electrons. The van der Waals surface area contributed by atoms with E-state index < -0.39 is 10.9 Å². The topological polar surface area (TPSA) is 117 Å². The van der Waals surface area contributed by atoms with Gasteiger partial charge in [0.05, 0.1) is 16.4 Å². The molecule has 2 fully saturated rings. The number of aromatic nitrogens is 1. The van der Waals surface area contributed by atoms with Crippen LogP contribution in [0, 0.1) is 21.4 Å². The average Bonchev–Trinajstić information content (AvgIpc) is 3.13. The number of nitro benzene ring substituents is 1. The molecule has 8 heteroatoms. The Balaban J connectivity index is 1.54. The molecular weight excluding hydrogens is 326 g/mol. The molecule has 25 heavy (non-hydrogen) atoms. The second kappa shape index (κ2) is 5.30. The molecule has 1 atom stereocenters. The summed E-state index contributed by atoms with van der Waals surface area (Å²) in [7, 11) is 0. The summed E-state index contributed by atoms with van der Waals surface area (Å²) < 4.78 is 0. The normalized spacial score (nSPS) is 21.4. The molecule has 1 unspecified atom stereocenters. The highest BCUT2D eigenvalue weighted by atomic mass is 16.6. The number of carbonyl (C=O) groups excluding carboxylic acids is 1. The predicted molar refractivity (Wildman–Crippen MR) is 88.3 cm³/mol. The standard InChI is InChI=1S/C17H17N3O5/c21-15(19-5-3-17(4-6-19)8-13(17)16(22)23)12-9-18-14-2-1-10(20(24)25)7-11(12)14/h1-2,7,9,13,18H,3-6,8H2,(H,22,23). The Morgan fingerprint density at radius 1 is 1.32 bits per heavy atom. The molecule has 2 aromatic rings. The molecular formula is C17H17N3O5. The van der Waals surface area contributed by atoms with Crippen molar-refractivity contribution in [1.29, 1.82) is 0 Å². The van der Waals surface area contributed by atoms with Gasteiger partial charge in [-0.1, -0.05) is 0 Å². The quantitative estimate of drug-likeness (QED) is 0.655. The van der Waals surface area contributed by atoms with Gasteiger partial charge in [0, 0.05) is 42.3 Å². The molecule has 1 amide bonds. The van der Waals surface area contributed by atoms with E-state index in [1.165, 1.54) is 12.1 Å². The first kappa shape index (κ1) is 15.6. The lowest BCUT2D eigenvalue weighted by Gasteiger charge is -2.32. The Morgan fingerprint density at radius 3 is 2.64 bits per heavy atom. The number of nitro groups is 1. The van der Waals surface area contributed by atoms with Gasteiger partial charge in [-0.3, -0.25) is 19.7 Å². The van der Waals surface area contributed by atoms with E-state index in [0.29, 0.717) is 48.8 Å². The number of nitrogens with one attached hydrogen (secondary N) is 1. The molecule has 0 radical (unpaired) electrons. The largest absolute Gasteiger partial charge is 0.481 e. The van der Waals surface area contributed by atoms with Gasteiger partial charge < -0.3 is 15.0 Å². The zero-order valence-corrected chi connectivity index (χ0v) is 13.4. The van der Waals surface area contributed by atoms with Crippen molar-refractivity contribution in [2.75, 3.05) is 13.1 Å². The Morgan fingerprint density at radius 2 is 2.04 bits per heavy atom. The molecule has 8 nitrogen and oxygen atoms in total. The fourth-order valence-corrected chi connectivity index (χ4v) is 3.97. The van der Waals surface area contributed by atoms with E-state index in [1.54, 1.807) is 17.2 Å². The second-order valence-corrected chi connectivity index (χ2v) is 6.94. The van der Waals surface area contributed by atoms with Crippen LogP contribution in [0.25, 0.3) is 10.9 Å². The third kappa shape index (κ3) is 2.45. The first-order chi connectivity index (χ1) is 11.9. The van der Waals surface area contributed by atoms with Crippen LogP contribution in [0.3, 0.4) is 0 Å². The number of benzene rings is 1. The molecule has 1 aliphatic heterocycles. The number of piperidine rings is 1. The number of hydrogen-bond donors (Lipinski definition) is 2. The summed E-state index contributed by atoms with van der Waals surface area (Å²) >= 11 is 0. The van der Waals surface area contributed by atoms with Gasteiger partial charge >= 0.3 is 5.97 Å². The number of non-ortho nitro benzene ring substituents is 1. The minimum Gasteiger partial charge on any atom is -0.481 e. The first-order valence-corrected chi connectivity index (χ1v) is 8.19. The van der Waals surface area contributed by atoms with E-state index in [4.69, 9.17) is 5.11 Å². The maximum Gasteiger partial charge on any atom is 0.307 e. The third-order valence-corrected chi connectivity index (χ3v) is 5.64. The van der Waals surface area contributed by atoms with Crippen LogP contribution in [0.2, 0.25) is 0 Å². The number of carboxylic acids is 1. The highest BCUT2D eigenvalue weighted by Crippen LogP contribution is 2.59. The van der Waals surface area contributed by atoms with Crippen molar-refractivity contribution in [1.82, 2.24) is 9.88 Å². The molecule has 2 N–H and O–H groups in total. The van der Waals surface area contributed by atoms with Gasteiger partial charge in [-0.2, -0.15) is 0 Å². The van der Waals surface area contributed by atoms with Gasteiger partial charge in [0.2, 0.25) is 0 Å². The number of aromatic amines is 1. The van der Waals surface area contributed by atoms with Crippen LogP contribution >= 0.6 is 0 Å². The van der Waals surface area contributed by atoms with E-state index >= 15 is 0 Å². The number of carboxylic acid groups (broad SMARTS) is 1. The fraction of sp³-hybridized carbons (Fsp3) is 0.412. The number of fused-ring (bicyclic) bond motifs is 1. The Kier molecular flexibility index (Phi) is 3.31. The van der Waals surface area contributed by atoms with Crippen molar-refractivity contribution in [2.24, 2.45) is 11.3 Å². The van der Waals surface area contributed by atoms with E-state index in [-0.39, 0.29) is 22.9 Å². The van der Waals surface area contributed by atoms with Crippen molar-refractivity contribution in [3.8, 4) is 0 Å². The van der Waals surface area contributed by atoms with E-state index in [1.807, 2.05) is 0 Å². The van der Waals surface area contributed by atoms with Gasteiger partial charge in [0.15, 0.2) is 0 Å². The summed E-state index contributed by atoms with van der Waals surface area (Å²) in [6.45, 7) is 1.04. The van der Waals surface area contributed by atoms with E-state index in [0.717, 1.165) is 0 Å². The lowest BCUT2D eigenvalue weighted by Crippen LogP contribution is -2.39. The van der Waals surface area contributed by atoms with Crippen molar-refractivity contribution < 1.29 is 19.6 Å². The molecule has 2 heterocycles. The molecule has 1 aromatic carbocycles. The first-order valence-electron chi connectivity index (χ1n) is 8.19. The van der Waals surface area contributed by atoms with E-state index in [9.17, 15) is 19.7 Å². The Hall–Kier alpha value is -2.90. The zero-order chi connectivity index (χ0) is 17.8. The van der Waals surface area contributed by atoms with Crippen LogP contribution in [0.1, 0.15) is 29.6 Å². The number of H-pyrrole nitrogens is 1. The van der Waals surface area contributed by atoms with Crippen LogP contribution < -0.4 is 0 Å². The number of carbonyl (C=O) groups is 2. The lowest BCUT2D eigenvalue weighted by atomic mass is 9.90. The van der Waals surface area contributed by atoms with Crippen LogP contribution in [0.4, 0.5) is 5.69 Å². The maximum atomic E-state index is 12.8. The second-order valence-electron chi connectivity index (χ2n) is 6.94. The number of likely N-dealkylation sites (tertiary alicyclic amines) is 1. The number of nitrogens with zero attached hydrogens (tertiary/aromatic N) is 2. The van der Waals surface area contributed by atoms with Gasteiger partial charge in [0.25, 0.3) is 11.6 Å². The monoisotopic (exact) mass is 343 g/mol. The summed E-state index contributed by atoms with van der Waals surface area (Å²) in [5, 5.41) is 20.6. The van der Waals surface area contributed by atoms with Crippen LogP contribution in [0.5, 0.6) is 0 Å². The van der Waals surface area contributed by atoms with Crippen LogP contribution in [-0.4, -0.2) is 44.9 Å². The third-order valence-electron chi connectivity index (χ3n) is 5.64. The molecule has 2 aliphatic rings. The summed E-state index contributed by atoms with van der Waals surface area (Å²) in [4.78, 5) is 39.1.